The molecule has 5 nitrogen and oxygen atoms in total. The van der Waals surface area contributed by atoms with Gasteiger partial charge in [0.25, 0.3) is 0 Å². The van der Waals surface area contributed by atoms with Crippen LogP contribution in [0.3, 0.4) is 0 Å². The summed E-state index contributed by atoms with van der Waals surface area (Å²) in [5.74, 6) is -0.151. The van der Waals surface area contributed by atoms with E-state index in [9.17, 15) is 4.79 Å². The molecule has 0 aromatic heterocycles. The molecule has 1 aromatic rings. The Morgan fingerprint density at radius 2 is 1.83 bits per heavy atom. The molecule has 1 heterocycles. The molecule has 0 unspecified atom stereocenters. The summed E-state index contributed by atoms with van der Waals surface area (Å²) in [6.45, 7) is 7.02. The number of nitrogens with zero attached hydrogens (tertiary/aromatic N) is 2. The minimum atomic E-state index is -0.490. The zero-order valence-corrected chi connectivity index (χ0v) is 16.0. The summed E-state index contributed by atoms with van der Waals surface area (Å²) in [5, 5.41) is 2.84. The first kappa shape index (κ1) is 24.7. The Labute approximate surface area is 157 Å². The maximum absolute atomic E-state index is 11.6. The first-order valence-electron chi connectivity index (χ1n) is 7.11. The third kappa shape index (κ3) is 8.20. The number of nitrogens with one attached hydrogen (secondary N) is 1. The average Bonchev–Trinajstić information content (AvgIpc) is 2.42. The standard InChI is InChI=1S/C15H24N4O.3ClH/c1-12(16)15(20)17-14-5-3-4-13(10-14)11-19-8-6-18(2)7-9-19;;;/h3-5,10,12H,6-9,11,16H2,1-2H3,(H,17,20);3*1H/t12-;;;/m1.../s1. The SMILES string of the molecule is C[C@@H](N)C(=O)Nc1cccc(CN2CCN(C)CC2)c1.Cl.Cl.Cl. The molecule has 8 heteroatoms. The molecular formula is C15H27Cl3N4O. The van der Waals surface area contributed by atoms with E-state index < -0.39 is 6.04 Å². The molecule has 0 saturated carbocycles. The second kappa shape index (κ2) is 11.9. The largest absolute Gasteiger partial charge is 0.325 e. The second-order valence-electron chi connectivity index (χ2n) is 5.56. The van der Waals surface area contributed by atoms with Crippen LogP contribution in [0.15, 0.2) is 24.3 Å². The number of halogens is 3. The molecule has 1 atom stereocenters. The van der Waals surface area contributed by atoms with Crippen molar-refractivity contribution < 1.29 is 4.79 Å². The number of anilines is 1. The predicted molar refractivity (Wildman–Crippen MR) is 103 cm³/mol. The van der Waals surface area contributed by atoms with Crippen molar-refractivity contribution in [1.82, 2.24) is 9.80 Å². The summed E-state index contributed by atoms with van der Waals surface area (Å²) in [6, 6.07) is 7.50. The average molecular weight is 386 g/mol. The van der Waals surface area contributed by atoms with E-state index in [-0.39, 0.29) is 43.1 Å². The minimum Gasteiger partial charge on any atom is -0.325 e. The minimum absolute atomic E-state index is 0. The molecule has 1 fully saturated rings. The van der Waals surface area contributed by atoms with Crippen molar-refractivity contribution in [3.8, 4) is 0 Å². The van der Waals surface area contributed by atoms with Gasteiger partial charge in [0.2, 0.25) is 5.91 Å². The van der Waals surface area contributed by atoms with E-state index in [1.54, 1.807) is 6.92 Å². The number of rotatable bonds is 4. The van der Waals surface area contributed by atoms with Gasteiger partial charge in [0.1, 0.15) is 0 Å². The Bertz CT molecular complexity index is 466. The molecule has 0 aliphatic carbocycles. The summed E-state index contributed by atoms with van der Waals surface area (Å²) < 4.78 is 0. The van der Waals surface area contributed by atoms with Gasteiger partial charge < -0.3 is 16.0 Å². The highest BCUT2D eigenvalue weighted by atomic mass is 35.5. The van der Waals surface area contributed by atoms with Crippen LogP contribution in [0.25, 0.3) is 0 Å². The van der Waals surface area contributed by atoms with Crippen molar-refractivity contribution in [2.24, 2.45) is 5.73 Å². The highest BCUT2D eigenvalue weighted by Crippen LogP contribution is 2.14. The van der Waals surface area contributed by atoms with Crippen molar-refractivity contribution in [1.29, 1.82) is 0 Å². The van der Waals surface area contributed by atoms with E-state index in [1.807, 2.05) is 18.2 Å². The zero-order valence-electron chi connectivity index (χ0n) is 13.5. The van der Waals surface area contributed by atoms with E-state index in [2.05, 4.69) is 28.2 Å². The van der Waals surface area contributed by atoms with Gasteiger partial charge in [-0.3, -0.25) is 9.69 Å². The number of likely N-dealkylation sites (N-methyl/N-ethyl adjacent to an activating group) is 1. The number of nitrogens with two attached hydrogens (primary N) is 1. The van der Waals surface area contributed by atoms with Crippen LogP contribution >= 0.6 is 37.2 Å². The lowest BCUT2D eigenvalue weighted by Gasteiger charge is -2.32. The Kier molecular flexibility index (Phi) is 12.8. The molecule has 23 heavy (non-hydrogen) atoms. The van der Waals surface area contributed by atoms with Crippen LogP contribution in [-0.4, -0.2) is 55.0 Å². The Balaban J connectivity index is 0. The molecule has 1 aliphatic heterocycles. The Morgan fingerprint density at radius 3 is 2.39 bits per heavy atom. The number of benzene rings is 1. The first-order valence-corrected chi connectivity index (χ1v) is 7.11. The molecule has 1 aromatic carbocycles. The van der Waals surface area contributed by atoms with E-state index in [1.165, 1.54) is 5.56 Å². The maximum atomic E-state index is 11.6. The number of carbonyl (C=O) groups is 1. The fourth-order valence-electron chi connectivity index (χ4n) is 2.27. The lowest BCUT2D eigenvalue weighted by molar-refractivity contribution is -0.117. The van der Waals surface area contributed by atoms with Crippen LogP contribution in [0.5, 0.6) is 0 Å². The summed E-state index contributed by atoms with van der Waals surface area (Å²) in [6.07, 6.45) is 0. The molecule has 3 N–H and O–H groups in total. The third-order valence-corrected chi connectivity index (χ3v) is 3.61. The van der Waals surface area contributed by atoms with Gasteiger partial charge in [0, 0.05) is 38.4 Å². The summed E-state index contributed by atoms with van der Waals surface area (Å²) in [5.41, 5.74) is 7.60. The normalized spacial score (nSPS) is 16.3. The molecule has 0 spiro atoms. The van der Waals surface area contributed by atoms with Gasteiger partial charge >= 0.3 is 0 Å². The van der Waals surface area contributed by atoms with Gasteiger partial charge in [-0.1, -0.05) is 12.1 Å². The van der Waals surface area contributed by atoms with E-state index in [0.717, 1.165) is 38.4 Å². The molecule has 1 amide bonds. The lowest BCUT2D eigenvalue weighted by Crippen LogP contribution is -2.43. The van der Waals surface area contributed by atoms with Gasteiger partial charge in [0.15, 0.2) is 0 Å². The van der Waals surface area contributed by atoms with Crippen LogP contribution in [0.4, 0.5) is 5.69 Å². The van der Waals surface area contributed by atoms with Crippen molar-refractivity contribution in [2.45, 2.75) is 19.5 Å². The van der Waals surface area contributed by atoms with Gasteiger partial charge in [-0.25, -0.2) is 0 Å². The number of amides is 1. The molecule has 0 radical (unpaired) electrons. The lowest BCUT2D eigenvalue weighted by atomic mass is 10.1. The summed E-state index contributed by atoms with van der Waals surface area (Å²) >= 11 is 0. The van der Waals surface area contributed by atoms with Crippen molar-refractivity contribution >= 4 is 48.8 Å². The van der Waals surface area contributed by atoms with E-state index >= 15 is 0 Å². The number of piperazine rings is 1. The fraction of sp³-hybridized carbons (Fsp3) is 0.533. The topological polar surface area (TPSA) is 61.6 Å². The van der Waals surface area contributed by atoms with Gasteiger partial charge in [-0.15, -0.1) is 37.2 Å². The van der Waals surface area contributed by atoms with Crippen molar-refractivity contribution in [3.63, 3.8) is 0 Å². The van der Waals surface area contributed by atoms with Gasteiger partial charge in [0.05, 0.1) is 6.04 Å². The quantitative estimate of drug-likeness (QED) is 0.832. The number of hydrogen-bond acceptors (Lipinski definition) is 4. The summed E-state index contributed by atoms with van der Waals surface area (Å²) in [7, 11) is 2.15. The van der Waals surface area contributed by atoms with Gasteiger partial charge in [-0.05, 0) is 31.7 Å². The smallest absolute Gasteiger partial charge is 0.240 e. The van der Waals surface area contributed by atoms with Crippen LogP contribution in [0.2, 0.25) is 0 Å². The highest BCUT2D eigenvalue weighted by molar-refractivity contribution is 5.94. The second-order valence-corrected chi connectivity index (χ2v) is 5.56. The Morgan fingerprint density at radius 1 is 1.22 bits per heavy atom. The van der Waals surface area contributed by atoms with Crippen LogP contribution in [-0.2, 0) is 11.3 Å². The maximum Gasteiger partial charge on any atom is 0.240 e. The van der Waals surface area contributed by atoms with E-state index in [4.69, 9.17) is 5.73 Å². The molecular weight excluding hydrogens is 359 g/mol. The van der Waals surface area contributed by atoms with Crippen LogP contribution < -0.4 is 11.1 Å². The van der Waals surface area contributed by atoms with Crippen LogP contribution in [0, 0.1) is 0 Å². The third-order valence-electron chi connectivity index (χ3n) is 3.61. The number of hydrogen-bond donors (Lipinski definition) is 2. The monoisotopic (exact) mass is 384 g/mol. The molecule has 1 saturated heterocycles. The highest BCUT2D eigenvalue weighted by Gasteiger charge is 2.14. The first-order chi connectivity index (χ1) is 9.54. The fourth-order valence-corrected chi connectivity index (χ4v) is 2.27. The Hall–Kier alpha value is -0.560. The summed E-state index contributed by atoms with van der Waals surface area (Å²) in [4.78, 5) is 16.4. The van der Waals surface area contributed by atoms with Crippen molar-refractivity contribution in [2.75, 3.05) is 38.5 Å². The zero-order chi connectivity index (χ0) is 14.5. The van der Waals surface area contributed by atoms with Gasteiger partial charge in [-0.2, -0.15) is 0 Å². The number of carbonyl (C=O) groups excluding carboxylic acids is 1. The van der Waals surface area contributed by atoms with E-state index in [0.29, 0.717) is 0 Å². The molecule has 2 rings (SSSR count). The molecule has 1 aliphatic rings. The predicted octanol–water partition coefficient (Wildman–Crippen LogP) is 1.99. The van der Waals surface area contributed by atoms with Crippen LogP contribution in [0.1, 0.15) is 12.5 Å². The molecule has 0 bridgehead atoms. The van der Waals surface area contributed by atoms with Crippen molar-refractivity contribution in [3.05, 3.63) is 29.8 Å². The molecule has 134 valence electrons.